The van der Waals surface area contributed by atoms with E-state index in [1.165, 1.54) is 24.1 Å². The fraction of sp³-hybridized carbons (Fsp3) is 0.318. The average Bonchev–Trinajstić information content (AvgIpc) is 3.20. The van der Waals surface area contributed by atoms with E-state index in [0.717, 1.165) is 37.5 Å². The van der Waals surface area contributed by atoms with Crippen LogP contribution in [-0.2, 0) is 0 Å². The van der Waals surface area contributed by atoms with Gasteiger partial charge in [-0.2, -0.15) is 4.68 Å². The predicted octanol–water partition coefficient (Wildman–Crippen LogP) is 2.62. The van der Waals surface area contributed by atoms with Gasteiger partial charge in [0, 0.05) is 11.7 Å². The zero-order valence-corrected chi connectivity index (χ0v) is 18.3. The molecule has 1 aliphatic rings. The number of hydrogen-bond acceptors (Lipinski definition) is 6. The van der Waals surface area contributed by atoms with Gasteiger partial charge in [0.2, 0.25) is 0 Å². The van der Waals surface area contributed by atoms with Gasteiger partial charge in [-0.15, -0.1) is 4.68 Å². The molecule has 0 bridgehead atoms. The van der Waals surface area contributed by atoms with Gasteiger partial charge < -0.3 is 10.5 Å². The molecule has 10 nitrogen and oxygen atoms in total. The topological polar surface area (TPSA) is 125 Å². The predicted molar refractivity (Wildman–Crippen MR) is 117 cm³/mol. The molecule has 4 rings (SSSR count). The lowest BCUT2D eigenvalue weighted by Gasteiger charge is -2.34. The monoisotopic (exact) mass is 472 g/mol. The van der Waals surface area contributed by atoms with Crippen LogP contribution in [0.5, 0.6) is 5.75 Å². The average molecular weight is 472 g/mol. The third kappa shape index (κ3) is 4.14. The minimum absolute atomic E-state index is 0.0537. The first-order chi connectivity index (χ1) is 16.3. The lowest BCUT2D eigenvalue weighted by molar-refractivity contribution is 0.0997. The molecule has 0 saturated heterocycles. The maximum Gasteiger partial charge on any atom is 0.377 e. The summed E-state index contributed by atoms with van der Waals surface area (Å²) in [7, 11) is 1.38. The summed E-state index contributed by atoms with van der Waals surface area (Å²) in [6.45, 7) is 0. The van der Waals surface area contributed by atoms with E-state index in [2.05, 4.69) is 10.4 Å². The van der Waals surface area contributed by atoms with Crippen molar-refractivity contribution in [1.82, 2.24) is 19.8 Å². The maximum absolute atomic E-state index is 14.2. The number of para-hydroxylation sites is 1. The normalized spacial score (nSPS) is 14.1. The van der Waals surface area contributed by atoms with Crippen molar-refractivity contribution in [3.8, 4) is 11.4 Å². The van der Waals surface area contributed by atoms with Gasteiger partial charge in [0.25, 0.3) is 5.91 Å². The summed E-state index contributed by atoms with van der Waals surface area (Å²) in [5.74, 6) is -2.60. The van der Waals surface area contributed by atoms with Gasteiger partial charge in [0.1, 0.15) is 11.4 Å². The minimum Gasteiger partial charge on any atom is -0.496 e. The van der Waals surface area contributed by atoms with Crippen LogP contribution in [0.3, 0.4) is 0 Å². The van der Waals surface area contributed by atoms with Crippen LogP contribution in [0.4, 0.5) is 19.3 Å². The molecular formula is C22H22F2N6O4. The Kier molecular flexibility index (Phi) is 6.39. The summed E-state index contributed by atoms with van der Waals surface area (Å²) >= 11 is 0. The van der Waals surface area contributed by atoms with E-state index in [4.69, 9.17) is 10.5 Å². The van der Waals surface area contributed by atoms with E-state index in [0.29, 0.717) is 27.9 Å². The molecule has 1 fully saturated rings. The molecule has 1 aliphatic carbocycles. The molecule has 2 aromatic carbocycles. The fourth-order valence-corrected chi connectivity index (χ4v) is 4.16. The molecular weight excluding hydrogens is 450 g/mol. The fourth-order valence-electron chi connectivity index (χ4n) is 4.16. The summed E-state index contributed by atoms with van der Waals surface area (Å²) in [6, 6.07) is 6.33. The molecule has 3 aromatic rings. The van der Waals surface area contributed by atoms with Crippen molar-refractivity contribution in [2.75, 3.05) is 12.0 Å². The largest absolute Gasteiger partial charge is 0.496 e. The van der Waals surface area contributed by atoms with Crippen LogP contribution in [0.25, 0.3) is 5.69 Å². The van der Waals surface area contributed by atoms with Crippen LogP contribution in [0, 0.1) is 11.6 Å². The van der Waals surface area contributed by atoms with Crippen LogP contribution in [0.15, 0.2) is 41.2 Å². The number of nitrogens with two attached hydrogens (primary N) is 1. The SMILES string of the molecule is COc1ccc(N(C(=O)n2nnn(-c3c(F)cccc3F)c2=O)C2CCCCC2)cc1C(N)=O. The van der Waals surface area contributed by atoms with Crippen molar-refractivity contribution >= 4 is 17.6 Å². The second-order valence-corrected chi connectivity index (χ2v) is 7.85. The third-order valence-electron chi connectivity index (χ3n) is 5.78. The van der Waals surface area contributed by atoms with Crippen LogP contribution in [0.1, 0.15) is 42.5 Å². The number of hydrogen-bond donors (Lipinski definition) is 1. The van der Waals surface area contributed by atoms with Crippen LogP contribution in [0.2, 0.25) is 0 Å². The molecule has 0 unspecified atom stereocenters. The molecule has 0 atom stereocenters. The van der Waals surface area contributed by atoms with Crippen molar-refractivity contribution in [2.24, 2.45) is 5.73 Å². The van der Waals surface area contributed by atoms with Gasteiger partial charge in [-0.3, -0.25) is 9.69 Å². The summed E-state index contributed by atoms with van der Waals surface area (Å²) in [4.78, 5) is 39.8. The van der Waals surface area contributed by atoms with Gasteiger partial charge in [0.05, 0.1) is 12.7 Å². The molecule has 2 N–H and O–H groups in total. The third-order valence-corrected chi connectivity index (χ3v) is 5.78. The zero-order valence-electron chi connectivity index (χ0n) is 18.3. The number of carbonyl (C=O) groups excluding carboxylic acids is 2. The number of halogens is 2. The van der Waals surface area contributed by atoms with Crippen LogP contribution in [-0.4, -0.2) is 44.9 Å². The van der Waals surface area contributed by atoms with Gasteiger partial charge in [-0.05, 0) is 53.6 Å². The highest BCUT2D eigenvalue weighted by Gasteiger charge is 2.32. The van der Waals surface area contributed by atoms with Crippen LogP contribution >= 0.6 is 0 Å². The van der Waals surface area contributed by atoms with Gasteiger partial charge in [0.15, 0.2) is 11.6 Å². The first-order valence-electron chi connectivity index (χ1n) is 10.6. The molecule has 2 amide bonds. The zero-order chi connectivity index (χ0) is 24.4. The Morgan fingerprint density at radius 2 is 1.76 bits per heavy atom. The first kappa shape index (κ1) is 23.1. The molecule has 178 valence electrons. The number of primary amides is 1. The Bertz CT molecular complexity index is 1280. The van der Waals surface area contributed by atoms with Crippen molar-refractivity contribution in [3.05, 3.63) is 64.1 Å². The number of nitrogens with zero attached hydrogens (tertiary/aromatic N) is 5. The van der Waals surface area contributed by atoms with Crippen molar-refractivity contribution in [1.29, 1.82) is 0 Å². The number of methoxy groups -OCH3 is 1. The van der Waals surface area contributed by atoms with E-state index >= 15 is 0 Å². The van der Waals surface area contributed by atoms with Crippen molar-refractivity contribution in [2.45, 2.75) is 38.1 Å². The highest BCUT2D eigenvalue weighted by Crippen LogP contribution is 2.31. The Morgan fingerprint density at radius 1 is 1.09 bits per heavy atom. The van der Waals surface area contributed by atoms with E-state index in [-0.39, 0.29) is 17.4 Å². The number of amides is 2. The number of aromatic nitrogens is 4. The molecule has 0 spiro atoms. The Balaban J connectivity index is 1.81. The van der Waals surface area contributed by atoms with Gasteiger partial charge in [-0.25, -0.2) is 18.4 Å². The Morgan fingerprint density at radius 3 is 2.38 bits per heavy atom. The van der Waals surface area contributed by atoms with E-state index < -0.39 is 34.9 Å². The Labute approximate surface area is 192 Å². The molecule has 0 radical (unpaired) electrons. The number of tetrazole rings is 1. The number of rotatable bonds is 5. The molecule has 34 heavy (non-hydrogen) atoms. The van der Waals surface area contributed by atoms with E-state index in [9.17, 15) is 23.2 Å². The number of carbonyl (C=O) groups is 2. The van der Waals surface area contributed by atoms with Gasteiger partial charge in [-0.1, -0.05) is 25.3 Å². The van der Waals surface area contributed by atoms with Gasteiger partial charge >= 0.3 is 11.7 Å². The molecule has 0 aliphatic heterocycles. The summed E-state index contributed by atoms with van der Waals surface area (Å²) < 4.78 is 34.4. The molecule has 1 aromatic heterocycles. The maximum atomic E-state index is 14.2. The van der Waals surface area contributed by atoms with E-state index in [1.807, 2.05) is 0 Å². The highest BCUT2D eigenvalue weighted by atomic mass is 19.1. The number of benzene rings is 2. The van der Waals surface area contributed by atoms with Crippen LogP contribution < -0.4 is 21.1 Å². The van der Waals surface area contributed by atoms with E-state index in [1.54, 1.807) is 6.07 Å². The first-order valence-corrected chi connectivity index (χ1v) is 10.6. The molecule has 1 saturated carbocycles. The quantitative estimate of drug-likeness (QED) is 0.569. The summed E-state index contributed by atoms with van der Waals surface area (Å²) in [5, 5.41) is 7.10. The molecule has 1 heterocycles. The standard InChI is InChI=1S/C22H22F2N6O4/c1-34-18-11-10-14(12-15(18)20(25)31)28(13-6-3-2-4-7-13)21(32)30-22(33)29(26-27-30)19-16(23)8-5-9-17(19)24/h5,8-13H,2-4,6-7H2,1H3,(H2,25,31). The Hall–Kier alpha value is -4.09. The highest BCUT2D eigenvalue weighted by molar-refractivity contribution is 5.99. The number of anilines is 1. The summed E-state index contributed by atoms with van der Waals surface area (Å²) in [5.41, 5.74) is 3.94. The molecule has 12 heteroatoms. The second kappa shape index (κ2) is 9.41. The lowest BCUT2D eigenvalue weighted by Crippen LogP contribution is -2.47. The van der Waals surface area contributed by atoms with Crippen molar-refractivity contribution in [3.63, 3.8) is 0 Å². The van der Waals surface area contributed by atoms with Crippen molar-refractivity contribution < 1.29 is 23.1 Å². The smallest absolute Gasteiger partial charge is 0.377 e. The lowest BCUT2D eigenvalue weighted by atomic mass is 9.93. The number of ether oxygens (including phenoxy) is 1. The second-order valence-electron chi connectivity index (χ2n) is 7.85. The minimum atomic E-state index is -1.14. The summed E-state index contributed by atoms with van der Waals surface area (Å²) in [6.07, 6.45) is 4.00.